The predicted molar refractivity (Wildman–Crippen MR) is 124 cm³/mol. The van der Waals surface area contributed by atoms with Gasteiger partial charge in [0.25, 0.3) is 11.8 Å². The van der Waals surface area contributed by atoms with Crippen LogP contribution in [-0.2, 0) is 6.54 Å². The Morgan fingerprint density at radius 3 is 2.56 bits per heavy atom. The van der Waals surface area contributed by atoms with Crippen LogP contribution in [0.25, 0.3) is 10.9 Å². The van der Waals surface area contributed by atoms with Crippen molar-refractivity contribution >= 4 is 34.2 Å². The number of hydrazine groups is 1. The summed E-state index contributed by atoms with van der Waals surface area (Å²) in [5, 5.41) is 5.08. The van der Waals surface area contributed by atoms with Crippen LogP contribution < -0.4 is 21.9 Å². The number of primary amides is 1. The highest BCUT2D eigenvalue weighted by Crippen LogP contribution is 2.23. The number of aromatic nitrogens is 2. The molecule has 0 fully saturated rings. The van der Waals surface area contributed by atoms with Crippen molar-refractivity contribution in [3.63, 3.8) is 0 Å². The fourth-order valence-corrected chi connectivity index (χ4v) is 3.46. The van der Waals surface area contributed by atoms with E-state index in [2.05, 4.69) is 15.3 Å². The van der Waals surface area contributed by atoms with Crippen molar-refractivity contribution in [1.82, 2.24) is 9.97 Å². The number of hydrogen-bond acceptors (Lipinski definition) is 6. The minimum absolute atomic E-state index is 0.292. The normalized spacial score (nSPS) is 10.7. The molecule has 3 aromatic carbocycles. The van der Waals surface area contributed by atoms with Crippen LogP contribution in [0.5, 0.6) is 0 Å². The molecular formula is C24H22N6O2. The average Bonchev–Trinajstić information content (AvgIpc) is 2.81. The number of para-hydroxylation sites is 1. The highest BCUT2D eigenvalue weighted by Gasteiger charge is 2.15. The molecule has 0 aliphatic rings. The van der Waals surface area contributed by atoms with E-state index in [0.29, 0.717) is 40.1 Å². The predicted octanol–water partition coefficient (Wildman–Crippen LogP) is 3.17. The number of anilines is 2. The first-order valence-corrected chi connectivity index (χ1v) is 9.96. The van der Waals surface area contributed by atoms with E-state index in [1.807, 2.05) is 43.3 Å². The van der Waals surface area contributed by atoms with E-state index < -0.39 is 5.91 Å². The van der Waals surface area contributed by atoms with Crippen LogP contribution in [0, 0.1) is 6.92 Å². The van der Waals surface area contributed by atoms with Crippen LogP contribution in [0.1, 0.15) is 31.8 Å². The van der Waals surface area contributed by atoms with Gasteiger partial charge in [-0.2, -0.15) is 0 Å². The topological polar surface area (TPSA) is 127 Å². The molecule has 32 heavy (non-hydrogen) atoms. The number of nitrogens with one attached hydrogen (secondary N) is 1. The number of aryl methyl sites for hydroxylation is 1. The number of fused-ring (bicyclic) bond motifs is 1. The summed E-state index contributed by atoms with van der Waals surface area (Å²) in [7, 11) is 0. The fourth-order valence-electron chi connectivity index (χ4n) is 3.46. The maximum Gasteiger partial charge on any atom is 0.272 e. The van der Waals surface area contributed by atoms with Gasteiger partial charge in [-0.1, -0.05) is 35.9 Å². The summed E-state index contributed by atoms with van der Waals surface area (Å²) in [5.41, 5.74) is 9.25. The van der Waals surface area contributed by atoms with Gasteiger partial charge >= 0.3 is 0 Å². The third-order valence-corrected chi connectivity index (χ3v) is 5.06. The molecule has 0 atom stereocenters. The number of carbonyl (C=O) groups excluding carboxylic acids is 2. The smallest absolute Gasteiger partial charge is 0.272 e. The molecule has 0 aliphatic carbocycles. The van der Waals surface area contributed by atoms with Gasteiger partial charge in [0.1, 0.15) is 12.1 Å². The Morgan fingerprint density at radius 1 is 1.00 bits per heavy atom. The zero-order chi connectivity index (χ0) is 22.7. The van der Waals surface area contributed by atoms with Gasteiger partial charge in [0.05, 0.1) is 16.8 Å². The van der Waals surface area contributed by atoms with Gasteiger partial charge in [-0.05, 0) is 48.9 Å². The molecule has 1 aromatic heterocycles. The number of carbonyl (C=O) groups is 2. The van der Waals surface area contributed by atoms with Gasteiger partial charge < -0.3 is 11.1 Å². The molecule has 0 saturated heterocycles. The summed E-state index contributed by atoms with van der Waals surface area (Å²) in [6.45, 7) is 2.35. The summed E-state index contributed by atoms with van der Waals surface area (Å²) >= 11 is 0. The standard InChI is InChI=1S/C24H22N6O2/c1-15-5-2-7-17(11-15)24(32)30(26)18-8-3-6-16(12-18)13-27-23-20-10-4-9-19(22(25)31)21(20)28-14-29-23/h2-12,14H,13,26H2,1H3,(H2,25,31)(H,27,28,29). The van der Waals surface area contributed by atoms with Gasteiger partial charge in [0.15, 0.2) is 0 Å². The molecule has 5 N–H and O–H groups in total. The highest BCUT2D eigenvalue weighted by molar-refractivity contribution is 6.07. The molecule has 8 heteroatoms. The number of nitrogens with two attached hydrogens (primary N) is 2. The molecule has 1 heterocycles. The molecule has 0 bridgehead atoms. The van der Waals surface area contributed by atoms with Crippen LogP contribution in [-0.4, -0.2) is 21.8 Å². The second kappa shape index (κ2) is 8.83. The molecule has 0 aliphatic heterocycles. The Balaban J connectivity index is 1.55. The van der Waals surface area contributed by atoms with Crippen LogP contribution in [0.2, 0.25) is 0 Å². The molecule has 160 valence electrons. The van der Waals surface area contributed by atoms with Gasteiger partial charge in [-0.25, -0.2) is 20.8 Å². The lowest BCUT2D eigenvalue weighted by Gasteiger charge is -2.18. The van der Waals surface area contributed by atoms with E-state index in [1.54, 1.807) is 30.3 Å². The number of amides is 2. The highest BCUT2D eigenvalue weighted by atomic mass is 16.2. The Morgan fingerprint density at radius 2 is 1.78 bits per heavy atom. The van der Waals surface area contributed by atoms with E-state index in [-0.39, 0.29) is 5.91 Å². The third kappa shape index (κ3) is 4.26. The zero-order valence-corrected chi connectivity index (χ0v) is 17.4. The average molecular weight is 426 g/mol. The lowest BCUT2D eigenvalue weighted by molar-refractivity contribution is 0.0983. The van der Waals surface area contributed by atoms with Crippen molar-refractivity contribution in [2.45, 2.75) is 13.5 Å². The SMILES string of the molecule is Cc1cccc(C(=O)N(N)c2cccc(CNc3ncnc4c(C(N)=O)cccc34)c2)c1. The summed E-state index contributed by atoms with van der Waals surface area (Å²) in [6.07, 6.45) is 1.38. The second-order valence-electron chi connectivity index (χ2n) is 7.36. The Kier molecular flexibility index (Phi) is 5.78. The van der Waals surface area contributed by atoms with Crippen molar-refractivity contribution in [2.24, 2.45) is 11.6 Å². The largest absolute Gasteiger partial charge is 0.366 e. The first kappa shape index (κ1) is 21.0. The first-order valence-electron chi connectivity index (χ1n) is 9.96. The minimum Gasteiger partial charge on any atom is -0.366 e. The van der Waals surface area contributed by atoms with Crippen molar-refractivity contribution < 1.29 is 9.59 Å². The van der Waals surface area contributed by atoms with E-state index in [9.17, 15) is 9.59 Å². The van der Waals surface area contributed by atoms with Crippen molar-refractivity contribution in [3.8, 4) is 0 Å². The van der Waals surface area contributed by atoms with Gasteiger partial charge in [-0.15, -0.1) is 0 Å². The molecule has 2 amide bonds. The number of rotatable bonds is 6. The molecule has 4 rings (SSSR count). The quantitative estimate of drug-likeness (QED) is 0.247. The zero-order valence-electron chi connectivity index (χ0n) is 17.4. The third-order valence-electron chi connectivity index (χ3n) is 5.06. The van der Waals surface area contributed by atoms with Crippen molar-refractivity contribution in [3.05, 3.63) is 95.3 Å². The number of hydrogen-bond donors (Lipinski definition) is 3. The summed E-state index contributed by atoms with van der Waals surface area (Å²) in [4.78, 5) is 32.9. The lowest BCUT2D eigenvalue weighted by Crippen LogP contribution is -2.37. The monoisotopic (exact) mass is 426 g/mol. The van der Waals surface area contributed by atoms with Gasteiger partial charge in [-0.3, -0.25) is 9.59 Å². The number of nitrogens with zero attached hydrogens (tertiary/aromatic N) is 3. The van der Waals surface area contributed by atoms with E-state index in [1.165, 1.54) is 6.33 Å². The summed E-state index contributed by atoms with van der Waals surface area (Å²) in [6, 6.07) is 19.8. The van der Waals surface area contributed by atoms with E-state index in [4.69, 9.17) is 11.6 Å². The van der Waals surface area contributed by atoms with Crippen LogP contribution >= 0.6 is 0 Å². The maximum absolute atomic E-state index is 12.8. The van der Waals surface area contributed by atoms with Gasteiger partial charge in [0, 0.05) is 17.5 Å². The van der Waals surface area contributed by atoms with Crippen molar-refractivity contribution in [1.29, 1.82) is 0 Å². The molecule has 0 saturated carbocycles. The number of benzene rings is 3. The minimum atomic E-state index is -0.547. The molecule has 0 spiro atoms. The summed E-state index contributed by atoms with van der Waals surface area (Å²) in [5.74, 6) is 5.85. The molecule has 4 aromatic rings. The molecule has 0 unspecified atom stereocenters. The summed E-state index contributed by atoms with van der Waals surface area (Å²) < 4.78 is 0. The molecular weight excluding hydrogens is 404 g/mol. The Labute approximate surface area is 184 Å². The van der Waals surface area contributed by atoms with Crippen LogP contribution in [0.15, 0.2) is 73.1 Å². The van der Waals surface area contributed by atoms with Crippen LogP contribution in [0.3, 0.4) is 0 Å². The maximum atomic E-state index is 12.8. The second-order valence-corrected chi connectivity index (χ2v) is 7.36. The first-order chi connectivity index (χ1) is 15.4. The molecule has 8 nitrogen and oxygen atoms in total. The van der Waals surface area contributed by atoms with E-state index in [0.717, 1.165) is 16.1 Å². The van der Waals surface area contributed by atoms with Gasteiger partial charge in [0.2, 0.25) is 0 Å². The Hall–Kier alpha value is -4.30. The fraction of sp³-hybridized carbons (Fsp3) is 0.0833. The Bertz CT molecular complexity index is 1320. The lowest BCUT2D eigenvalue weighted by atomic mass is 10.1. The van der Waals surface area contributed by atoms with Crippen molar-refractivity contribution in [2.75, 3.05) is 10.3 Å². The van der Waals surface area contributed by atoms with Crippen LogP contribution in [0.4, 0.5) is 11.5 Å². The molecule has 0 radical (unpaired) electrons. The van der Waals surface area contributed by atoms with E-state index >= 15 is 0 Å².